The molecule has 1 amide bonds. The van der Waals surface area contributed by atoms with E-state index in [-0.39, 0.29) is 6.09 Å². The van der Waals surface area contributed by atoms with Gasteiger partial charge >= 0.3 is 6.09 Å². The Morgan fingerprint density at radius 3 is 2.79 bits per heavy atom. The summed E-state index contributed by atoms with van der Waals surface area (Å²) in [7, 11) is 0. The lowest BCUT2D eigenvalue weighted by Gasteiger charge is -2.08. The molecule has 0 spiro atoms. The van der Waals surface area contributed by atoms with Crippen molar-refractivity contribution in [2.45, 2.75) is 33.1 Å². The van der Waals surface area contributed by atoms with Gasteiger partial charge in [-0.25, -0.2) is 4.79 Å². The highest BCUT2D eigenvalue weighted by atomic mass is 16.5. The first-order valence-corrected chi connectivity index (χ1v) is 5.01. The van der Waals surface area contributed by atoms with Gasteiger partial charge in [0.1, 0.15) is 0 Å². The average Bonchev–Trinajstić information content (AvgIpc) is 2.14. The molecule has 0 unspecified atom stereocenters. The largest absolute Gasteiger partial charge is 0.449 e. The van der Waals surface area contributed by atoms with Gasteiger partial charge in [-0.05, 0) is 18.8 Å². The van der Waals surface area contributed by atoms with Gasteiger partial charge in [-0.3, -0.25) is 0 Å². The standard InChI is InChI=1S/C11H19NO2/c1-4-5-6-7-8-12-11(13)14-9-10(2)3/h1,10H,5-9H2,2-3H3,(H,12,13). The molecule has 0 atom stereocenters. The molecule has 0 fully saturated rings. The van der Waals surface area contributed by atoms with Gasteiger partial charge in [0.15, 0.2) is 0 Å². The molecular weight excluding hydrogens is 178 g/mol. The van der Waals surface area contributed by atoms with Crippen molar-refractivity contribution in [3.8, 4) is 12.3 Å². The Morgan fingerprint density at radius 2 is 2.21 bits per heavy atom. The Kier molecular flexibility index (Phi) is 7.72. The Labute approximate surface area is 86.2 Å². The third kappa shape index (κ3) is 8.92. The molecule has 0 radical (unpaired) electrons. The normalized spacial score (nSPS) is 9.57. The fourth-order valence-electron chi connectivity index (χ4n) is 0.836. The SMILES string of the molecule is C#CCCCCNC(=O)OCC(C)C. The maximum Gasteiger partial charge on any atom is 0.407 e. The highest BCUT2D eigenvalue weighted by Gasteiger charge is 2.01. The lowest BCUT2D eigenvalue weighted by molar-refractivity contribution is 0.133. The van der Waals surface area contributed by atoms with E-state index in [2.05, 4.69) is 11.2 Å². The number of hydrogen-bond donors (Lipinski definition) is 1. The van der Waals surface area contributed by atoms with Crippen LogP contribution in [0.4, 0.5) is 4.79 Å². The van der Waals surface area contributed by atoms with E-state index in [0.717, 1.165) is 19.3 Å². The van der Waals surface area contributed by atoms with Crippen molar-refractivity contribution in [1.82, 2.24) is 5.32 Å². The number of hydrogen-bond acceptors (Lipinski definition) is 2. The van der Waals surface area contributed by atoms with Crippen molar-refractivity contribution in [1.29, 1.82) is 0 Å². The van der Waals surface area contributed by atoms with Crippen molar-refractivity contribution in [2.24, 2.45) is 5.92 Å². The number of ether oxygens (including phenoxy) is 1. The number of terminal acetylenes is 1. The van der Waals surface area contributed by atoms with Crippen LogP contribution in [0.5, 0.6) is 0 Å². The van der Waals surface area contributed by atoms with E-state index < -0.39 is 0 Å². The minimum Gasteiger partial charge on any atom is -0.449 e. The van der Waals surface area contributed by atoms with Crippen molar-refractivity contribution in [2.75, 3.05) is 13.2 Å². The molecule has 0 aliphatic carbocycles. The summed E-state index contributed by atoms with van der Waals surface area (Å²) >= 11 is 0. The van der Waals surface area contributed by atoms with Gasteiger partial charge in [-0.2, -0.15) is 0 Å². The summed E-state index contributed by atoms with van der Waals surface area (Å²) in [6.07, 6.45) is 7.37. The molecule has 14 heavy (non-hydrogen) atoms. The summed E-state index contributed by atoms with van der Waals surface area (Å²) in [5.41, 5.74) is 0. The van der Waals surface area contributed by atoms with Gasteiger partial charge in [-0.15, -0.1) is 12.3 Å². The smallest absolute Gasteiger partial charge is 0.407 e. The van der Waals surface area contributed by atoms with E-state index in [0.29, 0.717) is 19.1 Å². The van der Waals surface area contributed by atoms with E-state index in [4.69, 9.17) is 11.2 Å². The highest BCUT2D eigenvalue weighted by Crippen LogP contribution is 1.94. The minimum absolute atomic E-state index is 0.334. The summed E-state index contributed by atoms with van der Waals surface area (Å²) in [6, 6.07) is 0. The molecule has 0 saturated heterocycles. The van der Waals surface area contributed by atoms with Crippen molar-refractivity contribution in [3.63, 3.8) is 0 Å². The zero-order valence-electron chi connectivity index (χ0n) is 9.01. The van der Waals surface area contributed by atoms with Gasteiger partial charge in [0.05, 0.1) is 6.61 Å². The van der Waals surface area contributed by atoms with E-state index in [1.807, 2.05) is 13.8 Å². The summed E-state index contributed by atoms with van der Waals surface area (Å²) in [4.78, 5) is 11.0. The van der Waals surface area contributed by atoms with Gasteiger partial charge < -0.3 is 10.1 Å². The molecule has 0 aliphatic heterocycles. The molecule has 0 heterocycles. The number of carbonyl (C=O) groups is 1. The van der Waals surface area contributed by atoms with Gasteiger partial charge in [0.25, 0.3) is 0 Å². The minimum atomic E-state index is -0.334. The van der Waals surface area contributed by atoms with Crippen LogP contribution in [0.25, 0.3) is 0 Å². The predicted molar refractivity (Wildman–Crippen MR) is 56.9 cm³/mol. The Hall–Kier alpha value is -1.17. The van der Waals surface area contributed by atoms with Crippen LogP contribution in [0, 0.1) is 18.3 Å². The number of alkyl carbamates (subject to hydrolysis) is 1. The fraction of sp³-hybridized carbons (Fsp3) is 0.727. The predicted octanol–water partition coefficient (Wildman–Crippen LogP) is 2.17. The topological polar surface area (TPSA) is 38.3 Å². The zero-order valence-corrected chi connectivity index (χ0v) is 9.01. The summed E-state index contributed by atoms with van der Waals surface area (Å²) in [6.45, 7) is 5.11. The monoisotopic (exact) mass is 197 g/mol. The van der Waals surface area contributed by atoms with Gasteiger partial charge in [-0.1, -0.05) is 13.8 Å². The first-order valence-electron chi connectivity index (χ1n) is 5.01. The maximum absolute atomic E-state index is 11.0. The third-order valence-corrected chi connectivity index (χ3v) is 1.56. The fourth-order valence-corrected chi connectivity index (χ4v) is 0.836. The number of rotatable bonds is 6. The quantitative estimate of drug-likeness (QED) is 0.523. The summed E-state index contributed by atoms with van der Waals surface area (Å²) in [5, 5.41) is 2.67. The van der Waals surface area contributed by atoms with E-state index in [1.165, 1.54) is 0 Å². The first kappa shape index (κ1) is 12.8. The Balaban J connectivity index is 3.24. The zero-order chi connectivity index (χ0) is 10.8. The first-order chi connectivity index (χ1) is 6.66. The molecule has 80 valence electrons. The van der Waals surface area contributed by atoms with Crippen LogP contribution in [0.15, 0.2) is 0 Å². The third-order valence-electron chi connectivity index (χ3n) is 1.56. The molecule has 3 nitrogen and oxygen atoms in total. The van der Waals surface area contributed by atoms with E-state index in [9.17, 15) is 4.79 Å². The van der Waals surface area contributed by atoms with Crippen LogP contribution >= 0.6 is 0 Å². The second kappa shape index (κ2) is 8.43. The Bertz CT molecular complexity index is 194. The van der Waals surface area contributed by atoms with Gasteiger partial charge in [0, 0.05) is 13.0 Å². The molecule has 0 aromatic heterocycles. The van der Waals surface area contributed by atoms with Crippen molar-refractivity contribution >= 4 is 6.09 Å². The van der Waals surface area contributed by atoms with Crippen LogP contribution in [0.1, 0.15) is 33.1 Å². The van der Waals surface area contributed by atoms with Crippen LogP contribution in [0.3, 0.4) is 0 Å². The van der Waals surface area contributed by atoms with Crippen molar-refractivity contribution < 1.29 is 9.53 Å². The van der Waals surface area contributed by atoms with E-state index >= 15 is 0 Å². The summed E-state index contributed by atoms with van der Waals surface area (Å²) in [5.74, 6) is 2.93. The molecule has 0 saturated carbocycles. The Morgan fingerprint density at radius 1 is 1.50 bits per heavy atom. The van der Waals surface area contributed by atoms with Crippen LogP contribution in [-0.2, 0) is 4.74 Å². The number of unbranched alkanes of at least 4 members (excludes halogenated alkanes) is 2. The number of carbonyl (C=O) groups excluding carboxylic acids is 1. The molecule has 3 heteroatoms. The number of nitrogens with one attached hydrogen (secondary N) is 1. The molecular formula is C11H19NO2. The highest BCUT2D eigenvalue weighted by molar-refractivity contribution is 5.66. The van der Waals surface area contributed by atoms with Crippen LogP contribution in [0.2, 0.25) is 0 Å². The van der Waals surface area contributed by atoms with Gasteiger partial charge in [0.2, 0.25) is 0 Å². The molecule has 0 aliphatic rings. The second-order valence-corrected chi connectivity index (χ2v) is 3.58. The molecule has 0 aromatic carbocycles. The number of amides is 1. The van der Waals surface area contributed by atoms with Crippen molar-refractivity contribution in [3.05, 3.63) is 0 Å². The molecule has 1 N–H and O–H groups in total. The maximum atomic E-state index is 11.0. The van der Waals surface area contributed by atoms with Crippen LogP contribution in [-0.4, -0.2) is 19.2 Å². The summed E-state index contributed by atoms with van der Waals surface area (Å²) < 4.78 is 4.92. The average molecular weight is 197 g/mol. The van der Waals surface area contributed by atoms with E-state index in [1.54, 1.807) is 0 Å². The molecule has 0 aromatic rings. The lowest BCUT2D eigenvalue weighted by Crippen LogP contribution is -2.26. The van der Waals surface area contributed by atoms with Crippen LogP contribution < -0.4 is 5.32 Å². The lowest BCUT2D eigenvalue weighted by atomic mass is 10.2. The molecule has 0 bridgehead atoms. The molecule has 0 rings (SSSR count). The second-order valence-electron chi connectivity index (χ2n) is 3.58.